The van der Waals surface area contributed by atoms with Crippen LogP contribution in [0.3, 0.4) is 0 Å². The number of rotatable bonds is 3. The minimum absolute atomic E-state index is 0.208. The lowest BCUT2D eigenvalue weighted by Crippen LogP contribution is -2.38. The van der Waals surface area contributed by atoms with E-state index in [1.165, 1.54) is 0 Å². The first-order valence-electron chi connectivity index (χ1n) is 5.16. The molecular formula is C12H18N2O2. The molecule has 16 heavy (non-hydrogen) atoms. The molecule has 1 aromatic carbocycles. The van der Waals surface area contributed by atoms with Crippen LogP contribution in [-0.4, -0.2) is 23.2 Å². The molecule has 0 aliphatic heterocycles. The highest BCUT2D eigenvalue weighted by Gasteiger charge is 2.14. The number of anilines is 1. The van der Waals surface area contributed by atoms with Crippen LogP contribution in [0.1, 0.15) is 29.8 Å². The summed E-state index contributed by atoms with van der Waals surface area (Å²) in [6.07, 6.45) is 0. The van der Waals surface area contributed by atoms with E-state index in [2.05, 4.69) is 5.32 Å². The van der Waals surface area contributed by atoms with Crippen molar-refractivity contribution in [2.45, 2.75) is 26.4 Å². The number of nitrogen functional groups attached to an aromatic ring is 1. The Kier molecular flexibility index (Phi) is 3.55. The summed E-state index contributed by atoms with van der Waals surface area (Å²) in [4.78, 5) is 11.7. The monoisotopic (exact) mass is 222 g/mol. The topological polar surface area (TPSA) is 75.3 Å². The molecule has 1 rings (SSSR count). The highest BCUT2D eigenvalue weighted by molar-refractivity contribution is 5.95. The zero-order valence-corrected chi connectivity index (χ0v) is 9.87. The summed E-state index contributed by atoms with van der Waals surface area (Å²) >= 11 is 0. The van der Waals surface area contributed by atoms with Crippen molar-refractivity contribution in [3.63, 3.8) is 0 Å². The van der Waals surface area contributed by atoms with E-state index in [-0.39, 0.29) is 12.5 Å². The van der Waals surface area contributed by atoms with Crippen LogP contribution in [0.15, 0.2) is 18.2 Å². The first-order valence-corrected chi connectivity index (χ1v) is 5.16. The van der Waals surface area contributed by atoms with Gasteiger partial charge < -0.3 is 16.2 Å². The number of hydrogen-bond acceptors (Lipinski definition) is 3. The molecule has 0 heterocycles. The number of amides is 1. The van der Waals surface area contributed by atoms with Crippen LogP contribution in [0.5, 0.6) is 0 Å². The van der Waals surface area contributed by atoms with Crippen LogP contribution in [0.25, 0.3) is 0 Å². The SMILES string of the molecule is Cc1ccc(C(=O)NCC(C)(C)O)cc1N. The van der Waals surface area contributed by atoms with Crippen LogP contribution in [0.4, 0.5) is 5.69 Å². The molecule has 4 N–H and O–H groups in total. The Labute approximate surface area is 95.5 Å². The standard InChI is InChI=1S/C12H18N2O2/c1-8-4-5-9(6-10(8)13)11(15)14-7-12(2,3)16/h4-6,16H,7,13H2,1-3H3,(H,14,15). The first kappa shape index (κ1) is 12.5. The van der Waals surface area contributed by atoms with Gasteiger partial charge in [-0.05, 0) is 38.5 Å². The Balaban J connectivity index is 2.70. The third-order valence-corrected chi connectivity index (χ3v) is 2.22. The summed E-state index contributed by atoms with van der Waals surface area (Å²) < 4.78 is 0. The second kappa shape index (κ2) is 4.53. The fourth-order valence-electron chi connectivity index (χ4n) is 1.18. The van der Waals surface area contributed by atoms with E-state index >= 15 is 0 Å². The van der Waals surface area contributed by atoms with Gasteiger partial charge in [-0.25, -0.2) is 0 Å². The van der Waals surface area contributed by atoms with Gasteiger partial charge >= 0.3 is 0 Å². The number of carbonyl (C=O) groups excluding carboxylic acids is 1. The molecule has 1 aromatic rings. The summed E-state index contributed by atoms with van der Waals surface area (Å²) in [5.74, 6) is -0.228. The van der Waals surface area contributed by atoms with E-state index in [1.807, 2.05) is 6.92 Å². The molecule has 4 nitrogen and oxygen atoms in total. The molecule has 1 amide bonds. The van der Waals surface area contributed by atoms with Crippen LogP contribution in [0, 0.1) is 6.92 Å². The van der Waals surface area contributed by atoms with Gasteiger partial charge in [0, 0.05) is 17.8 Å². The van der Waals surface area contributed by atoms with Gasteiger partial charge in [0.25, 0.3) is 5.91 Å². The maximum atomic E-state index is 11.7. The number of nitrogens with one attached hydrogen (secondary N) is 1. The van der Waals surface area contributed by atoms with E-state index in [1.54, 1.807) is 32.0 Å². The van der Waals surface area contributed by atoms with Gasteiger partial charge in [-0.2, -0.15) is 0 Å². The van der Waals surface area contributed by atoms with Crippen molar-refractivity contribution in [3.05, 3.63) is 29.3 Å². The van der Waals surface area contributed by atoms with Crippen molar-refractivity contribution in [1.29, 1.82) is 0 Å². The third kappa shape index (κ3) is 3.55. The van der Waals surface area contributed by atoms with Gasteiger partial charge in [0.05, 0.1) is 5.60 Å². The third-order valence-electron chi connectivity index (χ3n) is 2.22. The van der Waals surface area contributed by atoms with E-state index in [0.717, 1.165) is 5.56 Å². The lowest BCUT2D eigenvalue weighted by Gasteiger charge is -2.17. The molecule has 88 valence electrons. The lowest BCUT2D eigenvalue weighted by atomic mass is 10.1. The van der Waals surface area contributed by atoms with E-state index < -0.39 is 5.60 Å². The largest absolute Gasteiger partial charge is 0.398 e. The van der Waals surface area contributed by atoms with Gasteiger partial charge in [0.1, 0.15) is 0 Å². The van der Waals surface area contributed by atoms with Crippen molar-refractivity contribution in [2.24, 2.45) is 0 Å². The maximum absolute atomic E-state index is 11.7. The van der Waals surface area contributed by atoms with Crippen molar-refractivity contribution >= 4 is 11.6 Å². The molecule has 0 fully saturated rings. The van der Waals surface area contributed by atoms with Crippen molar-refractivity contribution in [2.75, 3.05) is 12.3 Å². The number of carbonyl (C=O) groups is 1. The second-order valence-electron chi connectivity index (χ2n) is 4.57. The molecule has 0 aliphatic carbocycles. The zero-order chi connectivity index (χ0) is 12.3. The van der Waals surface area contributed by atoms with Gasteiger partial charge in [-0.15, -0.1) is 0 Å². The Morgan fingerprint density at radius 1 is 1.50 bits per heavy atom. The highest BCUT2D eigenvalue weighted by atomic mass is 16.3. The van der Waals surface area contributed by atoms with E-state index in [4.69, 9.17) is 5.73 Å². The summed E-state index contributed by atoms with van der Waals surface area (Å²) in [5, 5.41) is 12.1. The Morgan fingerprint density at radius 2 is 2.12 bits per heavy atom. The van der Waals surface area contributed by atoms with E-state index in [9.17, 15) is 9.90 Å². The molecule has 4 heteroatoms. The predicted molar refractivity (Wildman–Crippen MR) is 64.2 cm³/mol. The quantitative estimate of drug-likeness (QED) is 0.670. The highest BCUT2D eigenvalue weighted by Crippen LogP contribution is 2.12. The normalized spacial score (nSPS) is 11.2. The number of nitrogens with two attached hydrogens (primary N) is 1. The van der Waals surface area contributed by atoms with Crippen LogP contribution in [0.2, 0.25) is 0 Å². The molecule has 0 saturated carbocycles. The van der Waals surface area contributed by atoms with Crippen LogP contribution >= 0.6 is 0 Å². The second-order valence-corrected chi connectivity index (χ2v) is 4.57. The predicted octanol–water partition coefficient (Wildman–Crippen LogP) is 1.08. The van der Waals surface area contributed by atoms with Crippen LogP contribution < -0.4 is 11.1 Å². The summed E-state index contributed by atoms with van der Waals surface area (Å²) in [6, 6.07) is 5.15. The molecule has 0 aliphatic rings. The number of aliphatic hydroxyl groups is 1. The van der Waals surface area contributed by atoms with Gasteiger partial charge in [-0.1, -0.05) is 6.07 Å². The number of hydrogen-bond donors (Lipinski definition) is 3. The molecule has 0 unspecified atom stereocenters. The smallest absolute Gasteiger partial charge is 0.251 e. The van der Waals surface area contributed by atoms with Gasteiger partial charge in [0.2, 0.25) is 0 Å². The summed E-state index contributed by atoms with van der Waals surface area (Å²) in [7, 11) is 0. The molecular weight excluding hydrogens is 204 g/mol. The molecule has 0 spiro atoms. The molecule has 0 aromatic heterocycles. The molecule has 0 atom stereocenters. The summed E-state index contributed by atoms with van der Waals surface area (Å²) in [6.45, 7) is 5.36. The molecule has 0 saturated heterocycles. The van der Waals surface area contributed by atoms with Crippen LogP contribution in [-0.2, 0) is 0 Å². The first-order chi connectivity index (χ1) is 7.29. The summed E-state index contributed by atoms with van der Waals surface area (Å²) in [5.41, 5.74) is 6.84. The lowest BCUT2D eigenvalue weighted by molar-refractivity contribution is 0.0694. The number of benzene rings is 1. The van der Waals surface area contributed by atoms with Crippen molar-refractivity contribution in [1.82, 2.24) is 5.32 Å². The Bertz CT molecular complexity index is 394. The fraction of sp³-hybridized carbons (Fsp3) is 0.417. The Hall–Kier alpha value is -1.55. The molecule has 0 radical (unpaired) electrons. The average molecular weight is 222 g/mol. The number of aryl methyl sites for hydroxylation is 1. The van der Waals surface area contributed by atoms with Gasteiger partial charge in [-0.3, -0.25) is 4.79 Å². The zero-order valence-electron chi connectivity index (χ0n) is 9.87. The fourth-order valence-corrected chi connectivity index (χ4v) is 1.18. The maximum Gasteiger partial charge on any atom is 0.251 e. The van der Waals surface area contributed by atoms with E-state index in [0.29, 0.717) is 11.3 Å². The average Bonchev–Trinajstić information content (AvgIpc) is 2.17. The minimum Gasteiger partial charge on any atom is -0.398 e. The Morgan fingerprint density at radius 3 is 2.62 bits per heavy atom. The van der Waals surface area contributed by atoms with Crippen molar-refractivity contribution in [3.8, 4) is 0 Å². The van der Waals surface area contributed by atoms with Gasteiger partial charge in [0.15, 0.2) is 0 Å². The minimum atomic E-state index is -0.911. The van der Waals surface area contributed by atoms with Crippen molar-refractivity contribution < 1.29 is 9.90 Å². The molecule has 0 bridgehead atoms.